The molecule has 88 valence electrons. The Morgan fingerprint density at radius 3 is 2.33 bits per heavy atom. The third kappa shape index (κ3) is 4.23. The largest absolute Gasteiger partial charge is 0.465 e. The second-order valence-electron chi connectivity index (χ2n) is 5.21. The van der Waals surface area contributed by atoms with Crippen LogP contribution in [0.3, 0.4) is 0 Å². The van der Waals surface area contributed by atoms with Crippen LogP contribution >= 0.6 is 0 Å². The standard InChI is InChI=1S/C13H24O2/c1-10(2)9-15-13(14)11(3)12-7-5-4-6-8-12/h10-12H,4-9H2,1-3H3. The number of rotatable bonds is 4. The number of esters is 1. The van der Waals surface area contributed by atoms with Crippen molar-refractivity contribution in [1.82, 2.24) is 0 Å². The fourth-order valence-corrected chi connectivity index (χ4v) is 2.21. The summed E-state index contributed by atoms with van der Waals surface area (Å²) in [6.07, 6.45) is 6.32. The van der Waals surface area contributed by atoms with Gasteiger partial charge in [0.15, 0.2) is 0 Å². The number of carbonyl (C=O) groups is 1. The Kier molecular flexibility index (Phi) is 5.13. The van der Waals surface area contributed by atoms with E-state index in [4.69, 9.17) is 4.74 Å². The minimum atomic E-state index is 0.00981. The zero-order valence-corrected chi connectivity index (χ0v) is 10.3. The Morgan fingerprint density at radius 2 is 1.80 bits per heavy atom. The first kappa shape index (κ1) is 12.5. The van der Waals surface area contributed by atoms with E-state index >= 15 is 0 Å². The molecule has 0 saturated heterocycles. The summed E-state index contributed by atoms with van der Waals surface area (Å²) in [7, 11) is 0. The van der Waals surface area contributed by atoms with Crippen molar-refractivity contribution in [2.45, 2.75) is 52.9 Å². The van der Waals surface area contributed by atoms with E-state index in [1.54, 1.807) is 0 Å². The van der Waals surface area contributed by atoms with E-state index in [1.807, 2.05) is 6.92 Å². The van der Waals surface area contributed by atoms with Crippen LogP contribution in [-0.4, -0.2) is 12.6 Å². The lowest BCUT2D eigenvalue weighted by Crippen LogP contribution is -2.26. The average Bonchev–Trinajstić information content (AvgIpc) is 2.26. The van der Waals surface area contributed by atoms with Gasteiger partial charge in [-0.2, -0.15) is 0 Å². The van der Waals surface area contributed by atoms with Crippen LogP contribution in [0.25, 0.3) is 0 Å². The van der Waals surface area contributed by atoms with Crippen LogP contribution in [0.1, 0.15) is 52.9 Å². The van der Waals surface area contributed by atoms with Crippen molar-refractivity contribution < 1.29 is 9.53 Å². The molecule has 1 rings (SSSR count). The zero-order chi connectivity index (χ0) is 11.3. The van der Waals surface area contributed by atoms with Gasteiger partial charge in [-0.15, -0.1) is 0 Å². The molecule has 1 fully saturated rings. The molecule has 0 aromatic rings. The number of carbonyl (C=O) groups excluding carboxylic acids is 1. The first-order valence-corrected chi connectivity index (χ1v) is 6.28. The van der Waals surface area contributed by atoms with Gasteiger partial charge in [-0.3, -0.25) is 4.79 Å². The number of hydrogen-bond donors (Lipinski definition) is 0. The van der Waals surface area contributed by atoms with Gasteiger partial charge >= 0.3 is 5.97 Å². The predicted octanol–water partition coefficient (Wildman–Crippen LogP) is 3.40. The molecule has 1 aliphatic rings. The monoisotopic (exact) mass is 212 g/mol. The third-order valence-electron chi connectivity index (χ3n) is 3.29. The van der Waals surface area contributed by atoms with Gasteiger partial charge in [-0.25, -0.2) is 0 Å². The van der Waals surface area contributed by atoms with Gasteiger partial charge in [0.25, 0.3) is 0 Å². The van der Waals surface area contributed by atoms with E-state index in [2.05, 4.69) is 13.8 Å². The Hall–Kier alpha value is -0.530. The molecule has 1 atom stereocenters. The van der Waals surface area contributed by atoms with E-state index in [0.717, 1.165) is 0 Å². The fourth-order valence-electron chi connectivity index (χ4n) is 2.21. The summed E-state index contributed by atoms with van der Waals surface area (Å²) in [5.74, 6) is 1.12. The minimum absolute atomic E-state index is 0.00981. The molecule has 0 amide bonds. The molecule has 15 heavy (non-hydrogen) atoms. The van der Waals surface area contributed by atoms with Crippen LogP contribution in [0, 0.1) is 17.8 Å². The molecule has 0 aromatic heterocycles. The Bertz CT molecular complexity index is 193. The molecular weight excluding hydrogens is 188 g/mol. The van der Waals surface area contributed by atoms with Crippen molar-refractivity contribution in [3.8, 4) is 0 Å². The van der Waals surface area contributed by atoms with Gasteiger partial charge in [0.1, 0.15) is 0 Å². The number of ether oxygens (including phenoxy) is 1. The van der Waals surface area contributed by atoms with Crippen molar-refractivity contribution in [3.05, 3.63) is 0 Å². The smallest absolute Gasteiger partial charge is 0.308 e. The summed E-state index contributed by atoms with van der Waals surface area (Å²) in [5.41, 5.74) is 0. The fraction of sp³-hybridized carbons (Fsp3) is 0.923. The quantitative estimate of drug-likeness (QED) is 0.668. The predicted molar refractivity (Wildman–Crippen MR) is 61.5 cm³/mol. The van der Waals surface area contributed by atoms with Crippen molar-refractivity contribution >= 4 is 5.97 Å². The highest BCUT2D eigenvalue weighted by Crippen LogP contribution is 2.30. The molecule has 2 heteroatoms. The zero-order valence-electron chi connectivity index (χ0n) is 10.3. The van der Waals surface area contributed by atoms with Crippen LogP contribution in [0.4, 0.5) is 0 Å². The molecule has 0 bridgehead atoms. The van der Waals surface area contributed by atoms with Gasteiger partial charge in [0, 0.05) is 0 Å². The lowest BCUT2D eigenvalue weighted by Gasteiger charge is -2.26. The average molecular weight is 212 g/mol. The molecule has 1 aliphatic carbocycles. The van der Waals surface area contributed by atoms with E-state index in [-0.39, 0.29) is 11.9 Å². The summed E-state index contributed by atoms with van der Waals surface area (Å²) in [4.78, 5) is 11.7. The SMILES string of the molecule is CC(C)COC(=O)C(C)C1CCCCC1. The van der Waals surface area contributed by atoms with Crippen molar-refractivity contribution in [1.29, 1.82) is 0 Å². The highest BCUT2D eigenvalue weighted by Gasteiger charge is 2.26. The van der Waals surface area contributed by atoms with Gasteiger partial charge in [0.2, 0.25) is 0 Å². The first-order valence-electron chi connectivity index (χ1n) is 6.28. The van der Waals surface area contributed by atoms with Gasteiger partial charge < -0.3 is 4.74 Å². The Labute approximate surface area is 93.4 Å². The van der Waals surface area contributed by atoms with Crippen LogP contribution in [-0.2, 0) is 9.53 Å². The van der Waals surface area contributed by atoms with Crippen molar-refractivity contribution in [3.63, 3.8) is 0 Å². The molecule has 0 N–H and O–H groups in total. The molecular formula is C13H24O2. The summed E-state index contributed by atoms with van der Waals surface area (Å²) in [5, 5.41) is 0. The van der Waals surface area contributed by atoms with E-state index in [1.165, 1.54) is 32.1 Å². The minimum Gasteiger partial charge on any atom is -0.465 e. The summed E-state index contributed by atoms with van der Waals surface area (Å²) in [6, 6.07) is 0. The maximum atomic E-state index is 11.7. The Morgan fingerprint density at radius 1 is 1.20 bits per heavy atom. The van der Waals surface area contributed by atoms with E-state index in [0.29, 0.717) is 18.4 Å². The first-order chi connectivity index (χ1) is 7.11. The maximum Gasteiger partial charge on any atom is 0.308 e. The van der Waals surface area contributed by atoms with Crippen LogP contribution < -0.4 is 0 Å². The van der Waals surface area contributed by atoms with Gasteiger partial charge in [-0.05, 0) is 24.7 Å². The van der Waals surface area contributed by atoms with Gasteiger partial charge in [-0.1, -0.05) is 40.0 Å². The third-order valence-corrected chi connectivity index (χ3v) is 3.29. The molecule has 0 radical (unpaired) electrons. The van der Waals surface area contributed by atoms with Crippen molar-refractivity contribution in [2.24, 2.45) is 17.8 Å². The van der Waals surface area contributed by atoms with Crippen LogP contribution in [0.2, 0.25) is 0 Å². The maximum absolute atomic E-state index is 11.7. The van der Waals surface area contributed by atoms with E-state index in [9.17, 15) is 4.79 Å². The van der Waals surface area contributed by atoms with Gasteiger partial charge in [0.05, 0.1) is 12.5 Å². The Balaban J connectivity index is 2.30. The van der Waals surface area contributed by atoms with Crippen LogP contribution in [0.5, 0.6) is 0 Å². The molecule has 1 unspecified atom stereocenters. The van der Waals surface area contributed by atoms with E-state index < -0.39 is 0 Å². The molecule has 0 aromatic carbocycles. The highest BCUT2D eigenvalue weighted by atomic mass is 16.5. The summed E-state index contributed by atoms with van der Waals surface area (Å²) in [6.45, 7) is 6.73. The normalized spacial score (nSPS) is 20.3. The highest BCUT2D eigenvalue weighted by molar-refractivity contribution is 5.72. The number of hydrogen-bond acceptors (Lipinski definition) is 2. The lowest BCUT2D eigenvalue weighted by atomic mass is 9.81. The second-order valence-corrected chi connectivity index (χ2v) is 5.21. The van der Waals surface area contributed by atoms with Crippen molar-refractivity contribution in [2.75, 3.05) is 6.61 Å². The molecule has 0 spiro atoms. The molecule has 0 aliphatic heterocycles. The van der Waals surface area contributed by atoms with Crippen LogP contribution in [0.15, 0.2) is 0 Å². The molecule has 0 heterocycles. The second kappa shape index (κ2) is 6.14. The molecule has 2 nitrogen and oxygen atoms in total. The summed E-state index contributed by atoms with van der Waals surface area (Å²) < 4.78 is 5.28. The lowest BCUT2D eigenvalue weighted by molar-refractivity contribution is -0.151. The summed E-state index contributed by atoms with van der Waals surface area (Å²) >= 11 is 0. The molecule has 1 saturated carbocycles. The topological polar surface area (TPSA) is 26.3 Å².